The molecule has 19 heavy (non-hydrogen) atoms. The summed E-state index contributed by atoms with van der Waals surface area (Å²) in [4.78, 5) is 0.100. The van der Waals surface area contributed by atoms with E-state index in [4.69, 9.17) is 0 Å². The van der Waals surface area contributed by atoms with Gasteiger partial charge < -0.3 is 4.74 Å². The molecule has 1 aromatic rings. The quantitative estimate of drug-likeness (QED) is 0.855. The molecule has 0 bridgehead atoms. The summed E-state index contributed by atoms with van der Waals surface area (Å²) in [6.45, 7) is 0.0766. The van der Waals surface area contributed by atoms with Crippen LogP contribution in [0.25, 0.3) is 0 Å². The van der Waals surface area contributed by atoms with E-state index >= 15 is 0 Å². The lowest BCUT2D eigenvalue weighted by atomic mass is 10.2. The molecule has 0 unspecified atom stereocenters. The first-order chi connectivity index (χ1) is 8.89. The van der Waals surface area contributed by atoms with Gasteiger partial charge in [-0.2, -0.15) is 13.1 Å². The molecule has 0 aliphatic carbocycles. The summed E-state index contributed by atoms with van der Waals surface area (Å²) in [6.07, 6.45) is 0.839. The Bertz CT molecular complexity index is 530. The molecule has 1 aromatic carbocycles. The highest BCUT2D eigenvalue weighted by atomic mass is 32.2. The van der Waals surface area contributed by atoms with Gasteiger partial charge in [0.15, 0.2) is 0 Å². The first kappa shape index (κ1) is 14.2. The lowest BCUT2D eigenvalue weighted by Crippen LogP contribution is -2.28. The number of ether oxygens (including phenoxy) is 1. The van der Waals surface area contributed by atoms with Crippen molar-refractivity contribution in [3.8, 4) is 5.75 Å². The van der Waals surface area contributed by atoms with Crippen LogP contribution >= 0.6 is 0 Å². The van der Waals surface area contributed by atoms with Crippen molar-refractivity contribution in [2.24, 2.45) is 5.92 Å². The zero-order valence-electron chi connectivity index (χ0n) is 10.4. The number of alkyl halides is 2. The van der Waals surface area contributed by atoms with E-state index in [1.54, 1.807) is 0 Å². The second-order valence-corrected chi connectivity index (χ2v) is 6.54. The SMILES string of the molecule is C[C@H]1CCN(S(=O)(=O)c2ccc(OC(F)F)cc2)C1. The fraction of sp³-hybridized carbons (Fsp3) is 0.500. The van der Waals surface area contributed by atoms with Crippen molar-refractivity contribution >= 4 is 10.0 Å². The van der Waals surface area contributed by atoms with E-state index in [9.17, 15) is 17.2 Å². The molecular formula is C12H15F2NO3S. The van der Waals surface area contributed by atoms with Crippen LogP contribution in [0.5, 0.6) is 5.75 Å². The third-order valence-electron chi connectivity index (χ3n) is 3.07. The monoisotopic (exact) mass is 291 g/mol. The number of nitrogens with zero attached hydrogens (tertiary/aromatic N) is 1. The minimum Gasteiger partial charge on any atom is -0.435 e. The molecule has 0 aromatic heterocycles. The van der Waals surface area contributed by atoms with E-state index in [0.717, 1.165) is 6.42 Å². The molecule has 4 nitrogen and oxygen atoms in total. The van der Waals surface area contributed by atoms with Crippen molar-refractivity contribution in [3.05, 3.63) is 24.3 Å². The number of hydrogen-bond donors (Lipinski definition) is 0. The summed E-state index contributed by atoms with van der Waals surface area (Å²) in [6, 6.07) is 5.04. The van der Waals surface area contributed by atoms with Crippen molar-refractivity contribution in [1.29, 1.82) is 0 Å². The predicted molar refractivity (Wildman–Crippen MR) is 65.6 cm³/mol. The molecule has 1 fully saturated rings. The van der Waals surface area contributed by atoms with E-state index in [1.165, 1.54) is 28.6 Å². The van der Waals surface area contributed by atoms with Crippen LogP contribution in [0, 0.1) is 5.92 Å². The second kappa shape index (κ2) is 5.42. The number of halogens is 2. The van der Waals surface area contributed by atoms with E-state index in [0.29, 0.717) is 19.0 Å². The Hall–Kier alpha value is -1.21. The molecule has 1 saturated heterocycles. The van der Waals surface area contributed by atoms with E-state index < -0.39 is 16.6 Å². The molecule has 2 rings (SSSR count). The van der Waals surface area contributed by atoms with E-state index in [1.807, 2.05) is 6.92 Å². The summed E-state index contributed by atoms with van der Waals surface area (Å²) >= 11 is 0. The van der Waals surface area contributed by atoms with Gasteiger partial charge in [0.1, 0.15) is 5.75 Å². The van der Waals surface area contributed by atoms with Gasteiger partial charge in [-0.05, 0) is 36.6 Å². The first-order valence-electron chi connectivity index (χ1n) is 5.94. The van der Waals surface area contributed by atoms with Crippen molar-refractivity contribution < 1.29 is 21.9 Å². The van der Waals surface area contributed by atoms with Crippen LogP contribution in [-0.4, -0.2) is 32.4 Å². The van der Waals surface area contributed by atoms with E-state index in [-0.39, 0.29) is 10.6 Å². The van der Waals surface area contributed by atoms with Gasteiger partial charge in [-0.15, -0.1) is 0 Å². The van der Waals surface area contributed by atoms with Crippen LogP contribution in [0.4, 0.5) is 8.78 Å². The molecule has 1 atom stereocenters. The van der Waals surface area contributed by atoms with Gasteiger partial charge in [-0.3, -0.25) is 0 Å². The summed E-state index contributed by atoms with van der Waals surface area (Å²) < 4.78 is 54.1. The zero-order valence-corrected chi connectivity index (χ0v) is 11.2. The van der Waals surface area contributed by atoms with Gasteiger partial charge in [0.2, 0.25) is 10.0 Å². The highest BCUT2D eigenvalue weighted by molar-refractivity contribution is 7.89. The molecular weight excluding hydrogens is 276 g/mol. The lowest BCUT2D eigenvalue weighted by molar-refractivity contribution is -0.0498. The van der Waals surface area contributed by atoms with Crippen LogP contribution in [0.2, 0.25) is 0 Å². The Morgan fingerprint density at radius 2 is 1.95 bits per heavy atom. The molecule has 0 N–H and O–H groups in total. The number of benzene rings is 1. The Labute approximate surface area is 111 Å². The van der Waals surface area contributed by atoms with Gasteiger partial charge in [0.25, 0.3) is 0 Å². The maximum absolute atomic E-state index is 12.3. The van der Waals surface area contributed by atoms with Crippen LogP contribution in [0.1, 0.15) is 13.3 Å². The van der Waals surface area contributed by atoms with Crippen molar-refractivity contribution in [2.75, 3.05) is 13.1 Å². The molecule has 0 radical (unpaired) electrons. The molecule has 1 aliphatic heterocycles. The van der Waals surface area contributed by atoms with Crippen LogP contribution in [-0.2, 0) is 10.0 Å². The van der Waals surface area contributed by atoms with Gasteiger partial charge in [-0.1, -0.05) is 6.92 Å². The minimum atomic E-state index is -3.53. The Morgan fingerprint density at radius 1 is 1.32 bits per heavy atom. The van der Waals surface area contributed by atoms with Crippen molar-refractivity contribution in [1.82, 2.24) is 4.31 Å². The largest absolute Gasteiger partial charge is 0.435 e. The number of sulfonamides is 1. The highest BCUT2D eigenvalue weighted by Crippen LogP contribution is 2.25. The Balaban J connectivity index is 2.17. The van der Waals surface area contributed by atoms with Gasteiger partial charge in [0, 0.05) is 13.1 Å². The first-order valence-corrected chi connectivity index (χ1v) is 7.38. The maximum atomic E-state index is 12.3. The number of rotatable bonds is 4. The van der Waals surface area contributed by atoms with Crippen LogP contribution < -0.4 is 4.74 Å². The van der Waals surface area contributed by atoms with Gasteiger partial charge in [-0.25, -0.2) is 8.42 Å². The van der Waals surface area contributed by atoms with Crippen LogP contribution in [0.15, 0.2) is 29.2 Å². The molecule has 1 aliphatic rings. The van der Waals surface area contributed by atoms with Crippen molar-refractivity contribution in [3.63, 3.8) is 0 Å². The highest BCUT2D eigenvalue weighted by Gasteiger charge is 2.30. The number of hydrogen-bond acceptors (Lipinski definition) is 3. The minimum absolute atomic E-state index is 0.0521. The zero-order chi connectivity index (χ0) is 14.0. The third-order valence-corrected chi connectivity index (χ3v) is 4.95. The predicted octanol–water partition coefficient (Wildman–Crippen LogP) is 2.32. The summed E-state index contributed by atoms with van der Waals surface area (Å²) in [5.74, 6) is 0.292. The summed E-state index contributed by atoms with van der Waals surface area (Å²) in [5, 5.41) is 0. The normalized spacial score (nSPS) is 20.9. The molecule has 1 heterocycles. The fourth-order valence-electron chi connectivity index (χ4n) is 2.06. The topological polar surface area (TPSA) is 46.6 Å². The van der Waals surface area contributed by atoms with E-state index in [2.05, 4.69) is 4.74 Å². The molecule has 0 amide bonds. The Morgan fingerprint density at radius 3 is 2.42 bits per heavy atom. The average molecular weight is 291 g/mol. The lowest BCUT2D eigenvalue weighted by Gasteiger charge is -2.16. The standard InChI is InChI=1S/C12H15F2NO3S/c1-9-6-7-15(8-9)19(16,17)11-4-2-10(3-5-11)18-12(13)14/h2-5,9,12H,6-8H2,1H3/t9-/m0/s1. The van der Waals surface area contributed by atoms with Crippen molar-refractivity contribution in [2.45, 2.75) is 24.9 Å². The van der Waals surface area contributed by atoms with Crippen LogP contribution in [0.3, 0.4) is 0 Å². The van der Waals surface area contributed by atoms with Gasteiger partial charge in [0.05, 0.1) is 4.90 Å². The summed E-state index contributed by atoms with van der Waals surface area (Å²) in [5.41, 5.74) is 0. The maximum Gasteiger partial charge on any atom is 0.387 e. The average Bonchev–Trinajstić information content (AvgIpc) is 2.76. The molecule has 0 saturated carbocycles. The Kier molecular flexibility index (Phi) is 4.05. The molecule has 106 valence electrons. The van der Waals surface area contributed by atoms with Gasteiger partial charge >= 0.3 is 6.61 Å². The third kappa shape index (κ3) is 3.22. The smallest absolute Gasteiger partial charge is 0.387 e. The molecule has 0 spiro atoms. The molecule has 7 heteroatoms. The second-order valence-electron chi connectivity index (χ2n) is 4.61. The fourth-order valence-corrected chi connectivity index (χ4v) is 3.63. The summed E-state index contributed by atoms with van der Waals surface area (Å²) in [7, 11) is -3.53.